The van der Waals surface area contributed by atoms with E-state index in [0.29, 0.717) is 16.4 Å². The molecular formula is C23H24BrF2O5PS2. The summed E-state index contributed by atoms with van der Waals surface area (Å²) in [6, 6.07) is 18.7. The van der Waals surface area contributed by atoms with Crippen LogP contribution >= 0.6 is 35.3 Å². The van der Waals surface area contributed by atoms with Gasteiger partial charge in [0.05, 0.1) is 4.90 Å². The maximum Gasteiger partial charge on any atom is 0.399 e. The van der Waals surface area contributed by atoms with E-state index in [1.165, 1.54) is 24.6 Å². The van der Waals surface area contributed by atoms with Gasteiger partial charge in [-0.05, 0) is 40.5 Å². The molecule has 184 valence electrons. The van der Waals surface area contributed by atoms with Gasteiger partial charge in [-0.2, -0.15) is 29.9 Å². The van der Waals surface area contributed by atoms with Gasteiger partial charge in [-0.15, -0.1) is 0 Å². The van der Waals surface area contributed by atoms with E-state index >= 15 is 0 Å². The monoisotopic (exact) mass is 592 g/mol. The fourth-order valence-corrected chi connectivity index (χ4v) is 6.38. The molecule has 0 aliphatic heterocycles. The zero-order valence-corrected chi connectivity index (χ0v) is 22.4. The summed E-state index contributed by atoms with van der Waals surface area (Å²) in [5, 5.41) is 0. The lowest BCUT2D eigenvalue weighted by Gasteiger charge is -2.34. The highest BCUT2D eigenvalue weighted by Crippen LogP contribution is 2.60. The van der Waals surface area contributed by atoms with E-state index in [9.17, 15) is 22.1 Å². The van der Waals surface area contributed by atoms with E-state index < -0.39 is 28.2 Å². The number of halogens is 3. The Morgan fingerprint density at radius 2 is 1.53 bits per heavy atom. The molecule has 5 nitrogen and oxygen atoms in total. The van der Waals surface area contributed by atoms with Crippen LogP contribution in [0.5, 0.6) is 0 Å². The molecule has 0 aliphatic rings. The summed E-state index contributed by atoms with van der Waals surface area (Å²) < 4.78 is 61.7. The average molecular weight is 593 g/mol. The van der Waals surface area contributed by atoms with Crippen molar-refractivity contribution < 1.29 is 31.9 Å². The zero-order valence-electron chi connectivity index (χ0n) is 18.3. The number of benzene rings is 3. The van der Waals surface area contributed by atoms with Gasteiger partial charge in [0, 0.05) is 34.1 Å². The van der Waals surface area contributed by atoms with Crippen LogP contribution in [0.25, 0.3) is 11.1 Å². The van der Waals surface area contributed by atoms with Gasteiger partial charge in [0.15, 0.2) is 0 Å². The van der Waals surface area contributed by atoms with E-state index in [0.717, 1.165) is 28.3 Å². The van der Waals surface area contributed by atoms with Gasteiger partial charge in [-0.3, -0.25) is 9.12 Å². The van der Waals surface area contributed by atoms with Crippen LogP contribution in [0.15, 0.2) is 76.1 Å². The molecule has 3 aromatic rings. The van der Waals surface area contributed by atoms with E-state index in [2.05, 4.69) is 15.9 Å². The summed E-state index contributed by atoms with van der Waals surface area (Å²) >= 11 is 4.56. The van der Waals surface area contributed by atoms with Gasteiger partial charge < -0.3 is 9.79 Å². The minimum Gasteiger partial charge on any atom is -0.320 e. The lowest BCUT2D eigenvalue weighted by molar-refractivity contribution is 0.0557. The molecule has 0 heterocycles. The van der Waals surface area contributed by atoms with Crippen LogP contribution in [0.1, 0.15) is 16.7 Å². The molecule has 3 N–H and O–H groups in total. The number of thioether (sulfide) groups is 1. The fourth-order valence-electron chi connectivity index (χ4n) is 3.17. The molecule has 3 aromatic carbocycles. The smallest absolute Gasteiger partial charge is 0.320 e. The quantitative estimate of drug-likeness (QED) is 0.252. The Bertz CT molecular complexity index is 1310. The standard InChI is InChI=1S/C23H24BrF2O5PS2/c1-34(2,30,31)20-5-3-4-19(13-20)18-9-6-16(7-10-18)14-33-15-17-8-11-21(22(24)12-17)23(25,26)32(27,28)29/h3-13H,14-15H2,1-2H3,(H,30,31)(H2,27,28,29). The average Bonchev–Trinajstić information content (AvgIpc) is 2.72. The molecule has 0 spiro atoms. The Morgan fingerprint density at radius 3 is 2.09 bits per heavy atom. The first kappa shape index (κ1) is 27.2. The molecular weight excluding hydrogens is 569 g/mol. The van der Waals surface area contributed by atoms with Crippen LogP contribution < -0.4 is 0 Å². The number of alkyl halides is 2. The molecule has 0 saturated carbocycles. The molecule has 34 heavy (non-hydrogen) atoms. The normalized spacial score (nSPS) is 13.9. The molecule has 0 unspecified atom stereocenters. The number of hydrogen-bond donors (Lipinski definition) is 3. The third-order valence-corrected chi connectivity index (χ3v) is 9.36. The number of rotatable bonds is 8. The van der Waals surface area contributed by atoms with Crippen LogP contribution in [-0.4, -0.2) is 31.1 Å². The van der Waals surface area contributed by atoms with Gasteiger partial charge >= 0.3 is 13.3 Å². The van der Waals surface area contributed by atoms with Crippen molar-refractivity contribution in [2.45, 2.75) is 22.1 Å². The molecule has 0 atom stereocenters. The molecule has 0 radical (unpaired) electrons. The molecule has 0 aliphatic carbocycles. The van der Waals surface area contributed by atoms with E-state index in [1.807, 2.05) is 30.3 Å². The van der Waals surface area contributed by atoms with Crippen molar-refractivity contribution in [2.24, 2.45) is 0 Å². The van der Waals surface area contributed by atoms with E-state index in [1.54, 1.807) is 30.0 Å². The highest BCUT2D eigenvalue weighted by molar-refractivity contribution is 9.10. The van der Waals surface area contributed by atoms with Gasteiger partial charge in [0.25, 0.3) is 0 Å². The summed E-state index contributed by atoms with van der Waals surface area (Å²) in [6.45, 7) is 0. The van der Waals surface area contributed by atoms with E-state index in [-0.39, 0.29) is 4.47 Å². The van der Waals surface area contributed by atoms with Crippen LogP contribution in [0.3, 0.4) is 0 Å². The second kappa shape index (κ2) is 9.58. The molecule has 0 bridgehead atoms. The van der Waals surface area contributed by atoms with Gasteiger partial charge in [-0.1, -0.05) is 64.5 Å². The minimum absolute atomic E-state index is 0.0567. The third-order valence-electron chi connectivity index (χ3n) is 5.06. The Labute approximate surface area is 209 Å². The SMILES string of the molecule is CS(C)(=O)(O)c1cccc(-c2ccc(CSCc3ccc(C(F)(F)P(=O)(O)O)c(Br)c3)cc2)c1. The van der Waals surface area contributed by atoms with Crippen molar-refractivity contribution in [3.63, 3.8) is 0 Å². The Balaban J connectivity index is 1.65. The fraction of sp³-hybridized carbons (Fsp3) is 0.217. The lowest BCUT2D eigenvalue weighted by Crippen LogP contribution is -2.28. The van der Waals surface area contributed by atoms with Crippen molar-refractivity contribution in [1.82, 2.24) is 0 Å². The highest BCUT2D eigenvalue weighted by atomic mass is 79.9. The first-order valence-corrected chi connectivity index (χ1v) is 16.2. The predicted molar refractivity (Wildman–Crippen MR) is 138 cm³/mol. The zero-order chi connectivity index (χ0) is 25.4. The third kappa shape index (κ3) is 6.43. The Hall–Kier alpha value is -1.39. The summed E-state index contributed by atoms with van der Waals surface area (Å²) in [5.41, 5.74) is -1.48. The van der Waals surface area contributed by atoms with Crippen molar-refractivity contribution in [2.75, 3.05) is 12.5 Å². The lowest BCUT2D eigenvalue weighted by atomic mass is 10.0. The van der Waals surface area contributed by atoms with Crippen LogP contribution in [0.2, 0.25) is 0 Å². The molecule has 0 aromatic heterocycles. The number of hydrogen-bond acceptors (Lipinski definition) is 3. The summed E-state index contributed by atoms with van der Waals surface area (Å²) in [6.07, 6.45) is 2.65. The van der Waals surface area contributed by atoms with Crippen molar-refractivity contribution in [3.8, 4) is 11.1 Å². The first-order chi connectivity index (χ1) is 15.5. The van der Waals surface area contributed by atoms with Gasteiger partial charge in [0.2, 0.25) is 0 Å². The van der Waals surface area contributed by atoms with Crippen molar-refractivity contribution in [1.29, 1.82) is 0 Å². The summed E-state index contributed by atoms with van der Waals surface area (Å²) in [7, 11) is -9.47. The van der Waals surface area contributed by atoms with E-state index in [4.69, 9.17) is 9.79 Å². The Morgan fingerprint density at radius 1 is 0.941 bits per heavy atom. The maximum atomic E-state index is 14.0. The molecule has 3 rings (SSSR count). The topological polar surface area (TPSA) is 94.8 Å². The van der Waals surface area contributed by atoms with Crippen LogP contribution in [0, 0.1) is 0 Å². The maximum absolute atomic E-state index is 14.0. The van der Waals surface area contributed by atoms with Crippen molar-refractivity contribution >= 4 is 44.6 Å². The largest absolute Gasteiger partial charge is 0.399 e. The summed E-state index contributed by atoms with van der Waals surface area (Å²) in [5.74, 6) is 1.18. The molecule has 0 fully saturated rings. The minimum atomic E-state index is -5.63. The van der Waals surface area contributed by atoms with Crippen LogP contribution in [0.4, 0.5) is 8.78 Å². The second-order valence-corrected chi connectivity index (χ2v) is 15.9. The van der Waals surface area contributed by atoms with Crippen molar-refractivity contribution in [3.05, 3.63) is 87.9 Å². The second-order valence-electron chi connectivity index (χ2n) is 8.38. The highest BCUT2D eigenvalue weighted by Gasteiger charge is 2.51. The molecule has 11 heteroatoms. The Kier molecular flexibility index (Phi) is 7.66. The molecule has 0 saturated heterocycles. The van der Waals surface area contributed by atoms with Gasteiger partial charge in [-0.25, -0.2) is 4.21 Å². The first-order valence-electron chi connectivity index (χ1n) is 9.91. The summed E-state index contributed by atoms with van der Waals surface area (Å²) in [4.78, 5) is 18.2. The van der Waals surface area contributed by atoms with Crippen LogP contribution in [-0.2, 0) is 31.1 Å². The van der Waals surface area contributed by atoms with Gasteiger partial charge in [0.1, 0.15) is 0 Å². The molecule has 0 amide bonds. The predicted octanol–water partition coefficient (Wildman–Crippen LogP) is 6.69.